The molecule has 0 spiro atoms. The Kier molecular flexibility index (Phi) is 16.0. The van der Waals surface area contributed by atoms with Crippen LogP contribution in [0.3, 0.4) is 0 Å². The van der Waals surface area contributed by atoms with Crippen molar-refractivity contribution in [1.82, 2.24) is 10.6 Å². The Morgan fingerprint density at radius 1 is 0.892 bits per heavy atom. The van der Waals surface area contributed by atoms with Crippen molar-refractivity contribution in [3.8, 4) is 0 Å². The van der Waals surface area contributed by atoms with E-state index in [4.69, 9.17) is 9.47 Å². The molecule has 2 amide bonds. The molecule has 0 aromatic carbocycles. The van der Waals surface area contributed by atoms with E-state index in [9.17, 15) is 19.5 Å². The van der Waals surface area contributed by atoms with Gasteiger partial charge in [0.2, 0.25) is 11.8 Å². The minimum atomic E-state index is -0.974. The van der Waals surface area contributed by atoms with Crippen LogP contribution in [-0.2, 0) is 23.9 Å². The van der Waals surface area contributed by atoms with Crippen LogP contribution in [0.2, 0.25) is 0 Å². The van der Waals surface area contributed by atoms with E-state index >= 15 is 0 Å². The average Bonchev–Trinajstić information content (AvgIpc) is 2.81. The molecule has 0 saturated carbocycles. The van der Waals surface area contributed by atoms with Gasteiger partial charge in [0.15, 0.2) is 5.79 Å². The monoisotopic (exact) mass is 526 g/mol. The highest BCUT2D eigenvalue weighted by Gasteiger charge is 2.46. The minimum Gasteiger partial charge on any atom is -0.481 e. The van der Waals surface area contributed by atoms with Crippen LogP contribution >= 0.6 is 0 Å². The molecule has 3 N–H and O–H groups in total. The summed E-state index contributed by atoms with van der Waals surface area (Å²) in [5.74, 6) is -2.14. The smallest absolute Gasteiger partial charge is 0.305 e. The van der Waals surface area contributed by atoms with Gasteiger partial charge in [-0.1, -0.05) is 85.0 Å². The molecule has 0 aliphatic carbocycles. The maximum atomic E-state index is 13.0. The second-order valence-corrected chi connectivity index (χ2v) is 11.8. The number of rotatable bonds is 20. The van der Waals surface area contributed by atoms with Crippen molar-refractivity contribution in [2.45, 2.75) is 149 Å². The molecule has 1 aliphatic heterocycles. The lowest BCUT2D eigenvalue weighted by Gasteiger charge is -2.45. The summed E-state index contributed by atoms with van der Waals surface area (Å²) in [6.45, 7) is 10.4. The van der Waals surface area contributed by atoms with E-state index in [0.717, 1.165) is 12.8 Å². The summed E-state index contributed by atoms with van der Waals surface area (Å²) in [7, 11) is 0. The van der Waals surface area contributed by atoms with Gasteiger partial charge in [-0.2, -0.15) is 0 Å². The summed E-state index contributed by atoms with van der Waals surface area (Å²) >= 11 is 0. The van der Waals surface area contributed by atoms with Gasteiger partial charge in [0.25, 0.3) is 0 Å². The zero-order valence-corrected chi connectivity index (χ0v) is 24.2. The number of amides is 2. The van der Waals surface area contributed by atoms with Gasteiger partial charge in [0.05, 0.1) is 13.0 Å². The molecular formula is C29H54N2O6. The Morgan fingerprint density at radius 3 is 2.03 bits per heavy atom. The molecule has 0 aromatic rings. The number of carbonyl (C=O) groups is 3. The number of carbonyl (C=O) groups excluding carboxylic acids is 2. The quantitative estimate of drug-likeness (QED) is 0.175. The standard InChI is InChI=1S/C29H54N2O6/c1-6-7-8-9-10-11-12-13-14-15-16-19-24(32)30-20-17-18-23(21-25(33)34)31-27(35)26-28(2,3)22-36-29(4,5)37-26/h23,26H,6-22H2,1-5H3,(H,30,32)(H,31,35)(H,33,34). The van der Waals surface area contributed by atoms with E-state index in [1.165, 1.54) is 57.8 Å². The molecule has 0 aromatic heterocycles. The van der Waals surface area contributed by atoms with Gasteiger partial charge in [0.1, 0.15) is 6.10 Å². The highest BCUT2D eigenvalue weighted by atomic mass is 16.7. The fourth-order valence-electron chi connectivity index (χ4n) is 4.65. The van der Waals surface area contributed by atoms with Gasteiger partial charge in [-0.3, -0.25) is 14.4 Å². The van der Waals surface area contributed by atoms with Crippen molar-refractivity contribution in [1.29, 1.82) is 0 Å². The number of carboxylic acid groups (broad SMARTS) is 1. The highest BCUT2D eigenvalue weighted by molar-refractivity contribution is 5.82. The molecule has 2 unspecified atom stereocenters. The van der Waals surface area contributed by atoms with Crippen LogP contribution < -0.4 is 10.6 Å². The van der Waals surface area contributed by atoms with E-state index in [1.807, 2.05) is 13.8 Å². The van der Waals surface area contributed by atoms with Gasteiger partial charge in [-0.05, 0) is 33.1 Å². The van der Waals surface area contributed by atoms with Crippen LogP contribution in [0.25, 0.3) is 0 Å². The fraction of sp³-hybridized carbons (Fsp3) is 0.897. The predicted octanol–water partition coefficient (Wildman–Crippen LogP) is 5.72. The molecular weight excluding hydrogens is 472 g/mol. The molecule has 1 aliphatic rings. The molecule has 1 fully saturated rings. The SMILES string of the molecule is CCCCCCCCCCCCCC(=O)NCCCC(CC(=O)O)NC(=O)C1OC(C)(C)OCC1(C)C. The van der Waals surface area contributed by atoms with Crippen molar-refractivity contribution in [2.24, 2.45) is 5.41 Å². The number of ether oxygens (including phenoxy) is 2. The van der Waals surface area contributed by atoms with Crippen molar-refractivity contribution in [2.75, 3.05) is 13.2 Å². The molecule has 37 heavy (non-hydrogen) atoms. The van der Waals surface area contributed by atoms with Crippen LogP contribution in [0.5, 0.6) is 0 Å². The van der Waals surface area contributed by atoms with Crippen molar-refractivity contribution < 1.29 is 29.0 Å². The van der Waals surface area contributed by atoms with E-state index in [0.29, 0.717) is 32.4 Å². The van der Waals surface area contributed by atoms with Crippen LogP contribution in [0, 0.1) is 5.41 Å². The Bertz CT molecular complexity index is 679. The number of aliphatic carboxylic acids is 1. The lowest BCUT2D eigenvalue weighted by molar-refractivity contribution is -0.304. The first kappa shape index (κ1) is 33.4. The van der Waals surface area contributed by atoms with Gasteiger partial charge in [-0.15, -0.1) is 0 Å². The summed E-state index contributed by atoms with van der Waals surface area (Å²) < 4.78 is 11.5. The number of hydrogen-bond donors (Lipinski definition) is 3. The summed E-state index contributed by atoms with van der Waals surface area (Å²) in [5, 5.41) is 15.1. The van der Waals surface area contributed by atoms with E-state index in [2.05, 4.69) is 17.6 Å². The first-order valence-electron chi connectivity index (χ1n) is 14.6. The summed E-state index contributed by atoms with van der Waals surface area (Å²) in [4.78, 5) is 36.5. The van der Waals surface area contributed by atoms with E-state index in [-0.39, 0.29) is 18.2 Å². The molecule has 0 bridgehead atoms. The van der Waals surface area contributed by atoms with Gasteiger partial charge in [0, 0.05) is 24.4 Å². The Hall–Kier alpha value is -1.67. The molecule has 0 radical (unpaired) electrons. The Balaban J connectivity index is 2.23. The topological polar surface area (TPSA) is 114 Å². The summed E-state index contributed by atoms with van der Waals surface area (Å²) in [5.41, 5.74) is -0.532. The second kappa shape index (κ2) is 17.8. The first-order chi connectivity index (χ1) is 17.5. The molecule has 1 saturated heterocycles. The molecule has 8 heteroatoms. The van der Waals surface area contributed by atoms with E-state index < -0.39 is 29.3 Å². The van der Waals surface area contributed by atoms with Crippen LogP contribution in [0.1, 0.15) is 131 Å². The average molecular weight is 527 g/mol. The normalized spacial score (nSPS) is 19.2. The molecule has 2 atom stereocenters. The number of carboxylic acids is 1. The fourth-order valence-corrected chi connectivity index (χ4v) is 4.65. The number of hydrogen-bond acceptors (Lipinski definition) is 5. The third kappa shape index (κ3) is 15.4. The lowest BCUT2D eigenvalue weighted by atomic mass is 9.85. The number of unbranched alkanes of at least 4 members (excludes halogenated alkanes) is 10. The first-order valence-corrected chi connectivity index (χ1v) is 14.6. The Morgan fingerprint density at radius 2 is 1.46 bits per heavy atom. The zero-order chi connectivity index (χ0) is 27.7. The molecule has 1 heterocycles. The molecule has 216 valence electrons. The second-order valence-electron chi connectivity index (χ2n) is 11.8. The van der Waals surface area contributed by atoms with Gasteiger partial charge >= 0.3 is 5.97 Å². The summed E-state index contributed by atoms with van der Waals surface area (Å²) in [6, 6.07) is -0.529. The third-order valence-corrected chi connectivity index (χ3v) is 6.97. The van der Waals surface area contributed by atoms with Crippen LogP contribution in [-0.4, -0.2) is 54.0 Å². The lowest BCUT2D eigenvalue weighted by Crippen LogP contribution is -2.57. The van der Waals surface area contributed by atoms with Crippen molar-refractivity contribution in [3.63, 3.8) is 0 Å². The largest absolute Gasteiger partial charge is 0.481 e. The van der Waals surface area contributed by atoms with Gasteiger partial charge < -0.3 is 25.2 Å². The summed E-state index contributed by atoms with van der Waals surface area (Å²) in [6.07, 6.45) is 14.4. The van der Waals surface area contributed by atoms with E-state index in [1.54, 1.807) is 13.8 Å². The Labute approximate surface area is 225 Å². The van der Waals surface area contributed by atoms with Crippen molar-refractivity contribution in [3.05, 3.63) is 0 Å². The van der Waals surface area contributed by atoms with Crippen molar-refractivity contribution >= 4 is 17.8 Å². The molecule has 1 rings (SSSR count). The van der Waals surface area contributed by atoms with Gasteiger partial charge in [-0.25, -0.2) is 0 Å². The number of nitrogens with one attached hydrogen (secondary N) is 2. The van der Waals surface area contributed by atoms with Crippen LogP contribution in [0.15, 0.2) is 0 Å². The van der Waals surface area contributed by atoms with Crippen LogP contribution in [0.4, 0.5) is 0 Å². The minimum absolute atomic E-state index is 0.0364. The third-order valence-electron chi connectivity index (χ3n) is 6.97. The maximum absolute atomic E-state index is 13.0. The maximum Gasteiger partial charge on any atom is 0.305 e. The highest BCUT2D eigenvalue weighted by Crippen LogP contribution is 2.35. The zero-order valence-electron chi connectivity index (χ0n) is 24.2. The predicted molar refractivity (Wildman–Crippen MR) is 146 cm³/mol. The molecule has 8 nitrogen and oxygen atoms in total.